The Balaban J connectivity index is 2.33. The van der Waals surface area contributed by atoms with E-state index in [1.165, 1.54) is 11.1 Å². The van der Waals surface area contributed by atoms with Crippen molar-refractivity contribution in [1.29, 1.82) is 0 Å². The topological polar surface area (TPSA) is 64.7 Å². The molecule has 0 radical (unpaired) electrons. The van der Waals surface area contributed by atoms with Gasteiger partial charge in [0.05, 0.1) is 0 Å². The van der Waals surface area contributed by atoms with E-state index in [0.29, 0.717) is 12.4 Å². The molecule has 0 saturated carbocycles. The van der Waals surface area contributed by atoms with Crippen LogP contribution in [0.5, 0.6) is 0 Å². The molecule has 0 spiro atoms. The third-order valence-corrected chi connectivity index (χ3v) is 2.81. The highest BCUT2D eigenvalue weighted by atomic mass is 15.1. The van der Waals surface area contributed by atoms with Crippen molar-refractivity contribution in [2.24, 2.45) is 0 Å². The summed E-state index contributed by atoms with van der Waals surface area (Å²) in [6.07, 6.45) is 0.678. The highest BCUT2D eigenvalue weighted by molar-refractivity contribution is 5.27. The molecule has 4 nitrogen and oxygen atoms in total. The van der Waals surface area contributed by atoms with Gasteiger partial charge in [0, 0.05) is 11.8 Å². The fraction of sp³-hybridized carbons (Fsp3) is 0.400. The Labute approximate surface area is 114 Å². The molecule has 0 atom stereocenters. The van der Waals surface area contributed by atoms with Crippen LogP contribution in [0.4, 0.5) is 5.95 Å². The van der Waals surface area contributed by atoms with Gasteiger partial charge in [-0.1, -0.05) is 50.6 Å². The Bertz CT molecular complexity index is 585. The van der Waals surface area contributed by atoms with Crippen LogP contribution < -0.4 is 5.73 Å². The van der Waals surface area contributed by atoms with Crippen molar-refractivity contribution in [2.75, 3.05) is 5.73 Å². The normalized spacial score (nSPS) is 11.6. The van der Waals surface area contributed by atoms with Gasteiger partial charge in [0.25, 0.3) is 0 Å². The largest absolute Gasteiger partial charge is 0.368 e. The lowest BCUT2D eigenvalue weighted by Crippen LogP contribution is -2.19. The van der Waals surface area contributed by atoms with Gasteiger partial charge >= 0.3 is 0 Å². The maximum Gasteiger partial charge on any atom is 0.223 e. The second-order valence-electron chi connectivity index (χ2n) is 5.85. The number of nitrogens with two attached hydrogens (primary N) is 1. The number of rotatable bonds is 2. The molecule has 0 aliphatic carbocycles. The summed E-state index contributed by atoms with van der Waals surface area (Å²) in [4.78, 5) is 13.0. The van der Waals surface area contributed by atoms with Gasteiger partial charge in [0.15, 0.2) is 0 Å². The summed E-state index contributed by atoms with van der Waals surface area (Å²) in [5.41, 5.74) is 8.07. The van der Waals surface area contributed by atoms with E-state index in [1.54, 1.807) is 0 Å². The van der Waals surface area contributed by atoms with Crippen LogP contribution in [-0.4, -0.2) is 15.0 Å². The molecule has 4 heteroatoms. The van der Waals surface area contributed by atoms with Crippen LogP contribution in [0.3, 0.4) is 0 Å². The number of nitrogens with zero attached hydrogens (tertiary/aromatic N) is 3. The molecule has 0 bridgehead atoms. The SMILES string of the molecule is Cc1cccc(Cc2nc(N)nc(C(C)(C)C)n2)c1. The molecule has 0 unspecified atom stereocenters. The van der Waals surface area contributed by atoms with E-state index in [4.69, 9.17) is 5.73 Å². The van der Waals surface area contributed by atoms with Crippen molar-refractivity contribution in [1.82, 2.24) is 15.0 Å². The third kappa shape index (κ3) is 3.50. The fourth-order valence-electron chi connectivity index (χ4n) is 1.86. The first kappa shape index (κ1) is 13.5. The van der Waals surface area contributed by atoms with E-state index in [0.717, 1.165) is 11.6 Å². The number of anilines is 1. The van der Waals surface area contributed by atoms with Crippen molar-refractivity contribution in [3.05, 3.63) is 47.0 Å². The number of benzene rings is 1. The molecular formula is C15H20N4. The summed E-state index contributed by atoms with van der Waals surface area (Å²) >= 11 is 0. The Hall–Kier alpha value is -1.97. The summed E-state index contributed by atoms with van der Waals surface area (Å²) in [5, 5.41) is 0. The maximum atomic E-state index is 5.78. The highest BCUT2D eigenvalue weighted by Crippen LogP contribution is 2.19. The fourth-order valence-corrected chi connectivity index (χ4v) is 1.86. The number of hydrogen-bond donors (Lipinski definition) is 1. The minimum absolute atomic E-state index is 0.127. The Morgan fingerprint density at radius 1 is 1.11 bits per heavy atom. The van der Waals surface area contributed by atoms with Gasteiger partial charge in [-0.2, -0.15) is 9.97 Å². The molecule has 0 aliphatic heterocycles. The van der Waals surface area contributed by atoms with Crippen molar-refractivity contribution < 1.29 is 0 Å². The molecule has 1 heterocycles. The first-order valence-electron chi connectivity index (χ1n) is 6.41. The Kier molecular flexibility index (Phi) is 3.51. The summed E-state index contributed by atoms with van der Waals surface area (Å²) < 4.78 is 0. The second kappa shape index (κ2) is 4.96. The van der Waals surface area contributed by atoms with Crippen LogP contribution >= 0.6 is 0 Å². The maximum absolute atomic E-state index is 5.78. The number of aromatic nitrogens is 3. The zero-order chi connectivity index (χ0) is 14.0. The molecule has 0 saturated heterocycles. The van der Waals surface area contributed by atoms with E-state index >= 15 is 0 Å². The predicted octanol–water partition coefficient (Wildman–Crippen LogP) is 2.65. The first-order valence-corrected chi connectivity index (χ1v) is 6.41. The average molecular weight is 256 g/mol. The molecule has 19 heavy (non-hydrogen) atoms. The minimum Gasteiger partial charge on any atom is -0.368 e. The van der Waals surface area contributed by atoms with E-state index in [9.17, 15) is 0 Å². The zero-order valence-corrected chi connectivity index (χ0v) is 11.9. The van der Waals surface area contributed by atoms with Gasteiger partial charge in [0.2, 0.25) is 5.95 Å². The molecule has 1 aromatic carbocycles. The zero-order valence-electron chi connectivity index (χ0n) is 11.9. The molecule has 0 amide bonds. The van der Waals surface area contributed by atoms with Gasteiger partial charge in [-0.05, 0) is 12.5 Å². The van der Waals surface area contributed by atoms with Gasteiger partial charge < -0.3 is 5.73 Å². The quantitative estimate of drug-likeness (QED) is 0.897. The van der Waals surface area contributed by atoms with E-state index in [-0.39, 0.29) is 5.41 Å². The summed E-state index contributed by atoms with van der Waals surface area (Å²) in [7, 11) is 0. The van der Waals surface area contributed by atoms with Gasteiger partial charge in [-0.25, -0.2) is 4.98 Å². The van der Waals surface area contributed by atoms with Gasteiger partial charge in [-0.15, -0.1) is 0 Å². The highest BCUT2D eigenvalue weighted by Gasteiger charge is 2.19. The Morgan fingerprint density at radius 2 is 1.84 bits per heavy atom. The van der Waals surface area contributed by atoms with Crippen molar-refractivity contribution >= 4 is 5.95 Å². The van der Waals surface area contributed by atoms with Crippen LogP contribution in [0.15, 0.2) is 24.3 Å². The molecule has 100 valence electrons. The van der Waals surface area contributed by atoms with Crippen LogP contribution in [0.2, 0.25) is 0 Å². The molecule has 0 aliphatic rings. The minimum atomic E-state index is -0.127. The molecule has 0 fully saturated rings. The van der Waals surface area contributed by atoms with Crippen LogP contribution in [0.1, 0.15) is 43.5 Å². The lowest BCUT2D eigenvalue weighted by atomic mass is 9.96. The van der Waals surface area contributed by atoms with Crippen LogP contribution in [0.25, 0.3) is 0 Å². The molecule has 2 aromatic rings. The standard InChI is InChI=1S/C15H20N4/c1-10-6-5-7-11(8-10)9-12-17-13(15(2,3)4)19-14(16)18-12/h5-8H,9H2,1-4H3,(H2,16,17,18,19). The molecular weight excluding hydrogens is 236 g/mol. The van der Waals surface area contributed by atoms with E-state index in [2.05, 4.69) is 60.8 Å². The monoisotopic (exact) mass is 256 g/mol. The van der Waals surface area contributed by atoms with E-state index in [1.807, 2.05) is 6.07 Å². The van der Waals surface area contributed by atoms with Crippen molar-refractivity contribution in [3.63, 3.8) is 0 Å². The molecule has 2 rings (SSSR count). The predicted molar refractivity (Wildman–Crippen MR) is 76.9 cm³/mol. The van der Waals surface area contributed by atoms with Crippen molar-refractivity contribution in [3.8, 4) is 0 Å². The summed E-state index contributed by atoms with van der Waals surface area (Å²) in [6.45, 7) is 8.28. The third-order valence-electron chi connectivity index (χ3n) is 2.81. The smallest absolute Gasteiger partial charge is 0.223 e. The first-order chi connectivity index (χ1) is 8.84. The summed E-state index contributed by atoms with van der Waals surface area (Å²) in [6, 6.07) is 8.33. The van der Waals surface area contributed by atoms with Crippen LogP contribution in [0, 0.1) is 6.92 Å². The molecule has 1 aromatic heterocycles. The Morgan fingerprint density at radius 3 is 2.47 bits per heavy atom. The lowest BCUT2D eigenvalue weighted by molar-refractivity contribution is 0.538. The lowest BCUT2D eigenvalue weighted by Gasteiger charge is -2.17. The number of nitrogen functional groups attached to an aromatic ring is 1. The molecule has 2 N–H and O–H groups in total. The second-order valence-corrected chi connectivity index (χ2v) is 5.85. The number of hydrogen-bond acceptors (Lipinski definition) is 4. The van der Waals surface area contributed by atoms with Crippen molar-refractivity contribution in [2.45, 2.75) is 39.5 Å². The van der Waals surface area contributed by atoms with Gasteiger partial charge in [0.1, 0.15) is 11.6 Å². The van der Waals surface area contributed by atoms with E-state index < -0.39 is 0 Å². The summed E-state index contributed by atoms with van der Waals surface area (Å²) in [5.74, 6) is 1.76. The average Bonchev–Trinajstić information content (AvgIpc) is 2.26. The van der Waals surface area contributed by atoms with Gasteiger partial charge in [-0.3, -0.25) is 0 Å². The van der Waals surface area contributed by atoms with Crippen LogP contribution in [-0.2, 0) is 11.8 Å². The number of aryl methyl sites for hydroxylation is 1.